The fourth-order valence-corrected chi connectivity index (χ4v) is 3.30. The second-order valence-electron chi connectivity index (χ2n) is 8.07. The normalized spacial score (nSPS) is 11.3. The van der Waals surface area contributed by atoms with Gasteiger partial charge in [-0.15, -0.1) is 0 Å². The van der Waals surface area contributed by atoms with Crippen LogP contribution in [0.1, 0.15) is 29.9 Å². The molecule has 0 aliphatic rings. The quantitative estimate of drug-likeness (QED) is 0.469. The van der Waals surface area contributed by atoms with Crippen molar-refractivity contribution >= 4 is 22.5 Å². The summed E-state index contributed by atoms with van der Waals surface area (Å²) in [4.78, 5) is 17.3. The Morgan fingerprint density at radius 2 is 1.91 bits per heavy atom. The van der Waals surface area contributed by atoms with Crippen LogP contribution in [-0.2, 0) is 0 Å². The largest absolute Gasteiger partial charge is 0.493 e. The van der Waals surface area contributed by atoms with Gasteiger partial charge in [-0.1, -0.05) is 6.07 Å². The van der Waals surface area contributed by atoms with E-state index in [0.29, 0.717) is 28.5 Å². The average Bonchev–Trinajstić information content (AvgIpc) is 2.75. The number of rotatable bonds is 9. The van der Waals surface area contributed by atoms with Crippen molar-refractivity contribution in [1.29, 1.82) is 0 Å². The molecule has 3 rings (SSSR count). The van der Waals surface area contributed by atoms with E-state index >= 15 is 0 Å². The number of benzene rings is 2. The summed E-state index contributed by atoms with van der Waals surface area (Å²) in [5.74, 6) is 1.20. The number of aryl methyl sites for hydroxylation is 1. The molecule has 1 amide bonds. The molecule has 4 N–H and O–H groups in total. The van der Waals surface area contributed by atoms with Crippen molar-refractivity contribution in [2.75, 3.05) is 32.7 Å². The molecular formula is C24H29N3O5. The molecule has 0 atom stereocenters. The number of nitrogens with one attached hydrogen (secondary N) is 1. The lowest BCUT2D eigenvalue weighted by Crippen LogP contribution is -2.47. The maximum absolute atomic E-state index is 12.8. The van der Waals surface area contributed by atoms with Crippen LogP contribution in [0.4, 0.5) is 5.69 Å². The molecule has 0 bridgehead atoms. The minimum atomic E-state index is -0.675. The van der Waals surface area contributed by atoms with Crippen LogP contribution in [0, 0.1) is 6.92 Å². The number of methoxy groups -OCH3 is 1. The Bertz CT molecular complexity index is 1110. The molecule has 8 nitrogen and oxygen atoms in total. The van der Waals surface area contributed by atoms with Gasteiger partial charge in [-0.05, 0) is 57.2 Å². The molecule has 1 heterocycles. The summed E-state index contributed by atoms with van der Waals surface area (Å²) in [6.45, 7) is 5.88. The van der Waals surface area contributed by atoms with E-state index in [1.165, 1.54) is 7.11 Å². The molecule has 0 spiro atoms. The van der Waals surface area contributed by atoms with E-state index in [0.717, 1.165) is 16.6 Å². The number of aromatic nitrogens is 1. The molecule has 0 aliphatic carbocycles. The number of aliphatic hydroxyl groups is 1. The fraction of sp³-hybridized carbons (Fsp3) is 0.333. The maximum Gasteiger partial charge on any atom is 0.251 e. The van der Waals surface area contributed by atoms with Gasteiger partial charge in [0.15, 0.2) is 11.5 Å². The van der Waals surface area contributed by atoms with E-state index < -0.39 is 5.54 Å². The van der Waals surface area contributed by atoms with Gasteiger partial charge in [0.25, 0.3) is 5.91 Å². The second kappa shape index (κ2) is 9.74. The van der Waals surface area contributed by atoms with Crippen molar-refractivity contribution in [2.24, 2.45) is 0 Å². The number of anilines is 1. The van der Waals surface area contributed by atoms with Crippen molar-refractivity contribution in [3.63, 3.8) is 0 Å². The van der Waals surface area contributed by atoms with E-state index in [2.05, 4.69) is 10.3 Å². The van der Waals surface area contributed by atoms with Crippen LogP contribution < -0.4 is 25.3 Å². The van der Waals surface area contributed by atoms with Gasteiger partial charge < -0.3 is 30.4 Å². The van der Waals surface area contributed by atoms with Crippen LogP contribution in [0.2, 0.25) is 0 Å². The van der Waals surface area contributed by atoms with Gasteiger partial charge in [0.1, 0.15) is 19.0 Å². The number of ether oxygens (including phenoxy) is 3. The third-order valence-electron chi connectivity index (χ3n) is 4.77. The van der Waals surface area contributed by atoms with Crippen LogP contribution in [0.25, 0.3) is 10.9 Å². The van der Waals surface area contributed by atoms with Crippen LogP contribution >= 0.6 is 0 Å². The number of pyridine rings is 1. The molecule has 0 unspecified atom stereocenters. The van der Waals surface area contributed by atoms with Crippen molar-refractivity contribution in [1.82, 2.24) is 10.3 Å². The summed E-state index contributed by atoms with van der Waals surface area (Å²) < 4.78 is 16.8. The van der Waals surface area contributed by atoms with Crippen molar-refractivity contribution in [3.05, 3.63) is 53.7 Å². The highest BCUT2D eigenvalue weighted by Gasteiger charge is 2.24. The highest BCUT2D eigenvalue weighted by Crippen LogP contribution is 2.31. The van der Waals surface area contributed by atoms with Gasteiger partial charge in [0.2, 0.25) is 0 Å². The first-order valence-corrected chi connectivity index (χ1v) is 10.3. The van der Waals surface area contributed by atoms with E-state index in [1.807, 2.05) is 45.0 Å². The Kier molecular flexibility index (Phi) is 7.05. The van der Waals surface area contributed by atoms with Crippen molar-refractivity contribution in [2.45, 2.75) is 26.3 Å². The zero-order valence-electron chi connectivity index (χ0n) is 18.8. The highest BCUT2D eigenvalue weighted by molar-refractivity contribution is 5.96. The molecular weight excluding hydrogens is 410 g/mol. The van der Waals surface area contributed by atoms with E-state index in [-0.39, 0.29) is 25.7 Å². The zero-order chi connectivity index (χ0) is 23.3. The summed E-state index contributed by atoms with van der Waals surface area (Å²) in [6.07, 6.45) is 0. The summed E-state index contributed by atoms with van der Waals surface area (Å²) in [6, 6.07) is 12.3. The molecule has 0 radical (unpaired) electrons. The number of nitrogens with two attached hydrogens (primary N) is 1. The predicted molar refractivity (Wildman–Crippen MR) is 124 cm³/mol. The number of hydrogen-bond acceptors (Lipinski definition) is 7. The van der Waals surface area contributed by atoms with E-state index in [4.69, 9.17) is 25.1 Å². The van der Waals surface area contributed by atoms with Gasteiger partial charge in [-0.2, -0.15) is 0 Å². The monoisotopic (exact) mass is 439 g/mol. The Balaban J connectivity index is 1.72. The topological polar surface area (TPSA) is 116 Å². The predicted octanol–water partition coefficient (Wildman–Crippen LogP) is 3.09. The smallest absolute Gasteiger partial charge is 0.251 e. The summed E-state index contributed by atoms with van der Waals surface area (Å²) in [5, 5.41) is 12.7. The maximum atomic E-state index is 12.8. The lowest BCUT2D eigenvalue weighted by molar-refractivity contribution is 0.0881. The number of carbonyl (C=O) groups excluding carboxylic acids is 1. The Morgan fingerprint density at radius 1 is 1.12 bits per heavy atom. The van der Waals surface area contributed by atoms with Crippen LogP contribution in [0.3, 0.4) is 0 Å². The Labute approximate surface area is 187 Å². The number of carbonyl (C=O) groups is 1. The number of fused-ring (bicyclic) bond motifs is 1. The van der Waals surface area contributed by atoms with Crippen LogP contribution in [-0.4, -0.2) is 48.5 Å². The van der Waals surface area contributed by atoms with Gasteiger partial charge >= 0.3 is 0 Å². The molecule has 1 aromatic heterocycles. The molecule has 8 heteroatoms. The third-order valence-corrected chi connectivity index (χ3v) is 4.77. The number of nitrogen functional groups attached to an aromatic ring is 1. The Hall–Kier alpha value is -3.52. The van der Waals surface area contributed by atoms with Crippen LogP contribution in [0.5, 0.6) is 17.2 Å². The van der Waals surface area contributed by atoms with Crippen LogP contribution in [0.15, 0.2) is 42.5 Å². The molecule has 0 aliphatic heterocycles. The van der Waals surface area contributed by atoms with Gasteiger partial charge in [0, 0.05) is 16.9 Å². The molecule has 2 aromatic carbocycles. The first kappa shape index (κ1) is 23.1. The van der Waals surface area contributed by atoms with E-state index in [9.17, 15) is 4.79 Å². The molecule has 0 saturated carbocycles. The van der Waals surface area contributed by atoms with Crippen molar-refractivity contribution < 1.29 is 24.1 Å². The lowest BCUT2D eigenvalue weighted by atomic mass is 10.1. The molecule has 0 fully saturated rings. The van der Waals surface area contributed by atoms with Gasteiger partial charge in [-0.25, -0.2) is 0 Å². The number of amides is 1. The van der Waals surface area contributed by atoms with E-state index in [1.54, 1.807) is 18.2 Å². The lowest BCUT2D eigenvalue weighted by Gasteiger charge is -2.27. The minimum absolute atomic E-state index is 0.113. The number of hydrogen-bond donors (Lipinski definition) is 3. The zero-order valence-corrected chi connectivity index (χ0v) is 18.8. The average molecular weight is 440 g/mol. The summed E-state index contributed by atoms with van der Waals surface area (Å²) in [5.41, 5.74) is 8.14. The van der Waals surface area contributed by atoms with Gasteiger partial charge in [-0.3, -0.25) is 9.78 Å². The molecule has 0 saturated heterocycles. The van der Waals surface area contributed by atoms with Crippen molar-refractivity contribution in [3.8, 4) is 17.2 Å². The molecule has 3 aromatic rings. The second-order valence-corrected chi connectivity index (χ2v) is 8.07. The standard InChI is InChI=1S/C24H29N3O5/c1-15-12-17(25)22-18(26-15)6-5-7-20(22)32-14-24(2,3)27-23(29)16-8-9-19(31-11-10-28)21(13-16)30-4/h5-9,12-13,28H,10-11,14H2,1-4H3,(H2,25,26)(H,27,29). The SMILES string of the molecule is COc1cc(C(=O)NC(C)(C)COc2cccc3nc(C)cc(N)c23)ccc1OCCO. The summed E-state index contributed by atoms with van der Waals surface area (Å²) >= 11 is 0. The first-order valence-electron chi connectivity index (χ1n) is 10.3. The summed E-state index contributed by atoms with van der Waals surface area (Å²) in [7, 11) is 1.49. The number of nitrogens with zero attached hydrogens (tertiary/aromatic N) is 1. The highest BCUT2D eigenvalue weighted by atomic mass is 16.5. The number of aliphatic hydroxyl groups excluding tert-OH is 1. The molecule has 170 valence electrons. The molecule has 32 heavy (non-hydrogen) atoms. The fourth-order valence-electron chi connectivity index (χ4n) is 3.30. The first-order chi connectivity index (χ1) is 15.2. The minimum Gasteiger partial charge on any atom is -0.493 e. The third kappa shape index (κ3) is 5.39. The Morgan fingerprint density at radius 3 is 2.62 bits per heavy atom. The van der Waals surface area contributed by atoms with Gasteiger partial charge in [0.05, 0.1) is 30.2 Å².